The number of rotatable bonds is 11. The number of hydrogen-bond donors (Lipinski definition) is 3. The molecule has 0 fully saturated rings. The maximum atomic E-state index is 9.71. The lowest BCUT2D eigenvalue weighted by molar-refractivity contribution is -0.215. The van der Waals surface area contributed by atoms with Gasteiger partial charge in [-0.2, -0.15) is 4.67 Å². The van der Waals surface area contributed by atoms with Crippen LogP contribution in [-0.4, -0.2) is 49.4 Å². The molecule has 0 spiro atoms. The topological polar surface area (TPSA) is 113 Å². The molecule has 108 valence electrons. The molecule has 0 bridgehead atoms. The normalized spacial score (nSPS) is 16.9. The molecule has 8 nitrogen and oxygen atoms in total. The van der Waals surface area contributed by atoms with Gasteiger partial charge in [0.2, 0.25) is 0 Å². The number of methoxy groups -OCH3 is 1. The van der Waals surface area contributed by atoms with E-state index in [1.807, 2.05) is 0 Å². The fourth-order valence-corrected chi connectivity index (χ4v) is 1.42. The molecule has 0 saturated heterocycles. The first-order chi connectivity index (χ1) is 8.65. The smallest absolute Gasteiger partial charge is 0.360 e. The monoisotopic (exact) mass is 285 g/mol. The van der Waals surface area contributed by atoms with E-state index < -0.39 is 20.8 Å². The van der Waals surface area contributed by atoms with Gasteiger partial charge in [0.25, 0.3) is 0 Å². The second-order valence-electron chi connectivity index (χ2n) is 3.02. The summed E-state index contributed by atoms with van der Waals surface area (Å²) in [6.07, 6.45) is 1.62. The Balaban J connectivity index is 4.06. The molecule has 18 heavy (non-hydrogen) atoms. The number of allylic oxidation sites excluding steroid dienone is 1. The predicted octanol–water partition coefficient (Wildman–Crippen LogP) is 0.0127. The second-order valence-corrected chi connectivity index (χ2v) is 3.90. The molecule has 0 heterocycles. The fraction of sp³-hybridized carbons (Fsp3) is 0.778. The van der Waals surface area contributed by atoms with E-state index in [-0.39, 0.29) is 20.1 Å². The van der Waals surface area contributed by atoms with Crippen LogP contribution >= 0.6 is 8.60 Å². The SMILES string of the molecule is CC=CC(O)C(COP(O)OOCN)OCOC. The van der Waals surface area contributed by atoms with Gasteiger partial charge in [0.05, 0.1) is 6.61 Å². The Bertz CT molecular complexity index is 219. The zero-order chi connectivity index (χ0) is 13.8. The zero-order valence-electron chi connectivity index (χ0n) is 10.4. The van der Waals surface area contributed by atoms with E-state index in [4.69, 9.17) is 19.7 Å². The van der Waals surface area contributed by atoms with Crippen molar-refractivity contribution in [2.45, 2.75) is 19.1 Å². The number of hydrogen-bond acceptors (Lipinski definition) is 8. The largest absolute Gasteiger partial charge is 0.386 e. The van der Waals surface area contributed by atoms with Crippen molar-refractivity contribution >= 4 is 8.60 Å². The number of nitrogens with two attached hydrogens (primary N) is 1. The molecular formula is C9H20NO7P. The Kier molecular flexibility index (Phi) is 11.8. The predicted molar refractivity (Wildman–Crippen MR) is 63.9 cm³/mol. The van der Waals surface area contributed by atoms with E-state index in [1.54, 1.807) is 13.0 Å². The Morgan fingerprint density at radius 2 is 2.17 bits per heavy atom. The molecule has 3 atom stereocenters. The Hall–Kier alpha value is -0.150. The van der Waals surface area contributed by atoms with Crippen LogP contribution in [0.5, 0.6) is 0 Å². The molecule has 0 radical (unpaired) electrons. The molecule has 0 saturated carbocycles. The molecule has 4 N–H and O–H groups in total. The van der Waals surface area contributed by atoms with Gasteiger partial charge < -0.3 is 29.7 Å². The first-order valence-corrected chi connectivity index (χ1v) is 6.31. The minimum Gasteiger partial charge on any atom is -0.386 e. The van der Waals surface area contributed by atoms with Crippen LogP contribution in [0, 0.1) is 0 Å². The summed E-state index contributed by atoms with van der Waals surface area (Å²) in [5, 5.41) is 9.71. The summed E-state index contributed by atoms with van der Waals surface area (Å²) in [6, 6.07) is 0. The van der Waals surface area contributed by atoms with Gasteiger partial charge >= 0.3 is 8.60 Å². The molecule has 0 rings (SSSR count). The Morgan fingerprint density at radius 1 is 1.44 bits per heavy atom. The van der Waals surface area contributed by atoms with E-state index in [0.29, 0.717) is 0 Å². The van der Waals surface area contributed by atoms with Gasteiger partial charge in [-0.15, -0.1) is 0 Å². The quantitative estimate of drug-likeness (QED) is 0.160. The average Bonchev–Trinajstić information content (AvgIpc) is 2.36. The van der Waals surface area contributed by atoms with Crippen LogP contribution in [0.15, 0.2) is 12.2 Å². The van der Waals surface area contributed by atoms with Crippen molar-refractivity contribution < 1.29 is 33.6 Å². The van der Waals surface area contributed by atoms with E-state index in [0.717, 1.165) is 0 Å². The highest BCUT2D eigenvalue weighted by Gasteiger charge is 2.20. The van der Waals surface area contributed by atoms with Crippen LogP contribution < -0.4 is 5.73 Å². The van der Waals surface area contributed by atoms with Crippen molar-refractivity contribution in [3.8, 4) is 0 Å². The van der Waals surface area contributed by atoms with E-state index >= 15 is 0 Å². The molecule has 0 aliphatic rings. The van der Waals surface area contributed by atoms with Gasteiger partial charge in [-0.05, 0) is 6.92 Å². The first kappa shape index (κ1) is 17.8. The maximum absolute atomic E-state index is 9.71. The summed E-state index contributed by atoms with van der Waals surface area (Å²) in [6.45, 7) is 1.46. The lowest BCUT2D eigenvalue weighted by Crippen LogP contribution is -2.32. The summed E-state index contributed by atoms with van der Waals surface area (Å²) in [4.78, 5) is 13.5. The Morgan fingerprint density at radius 3 is 2.72 bits per heavy atom. The molecule has 0 amide bonds. The van der Waals surface area contributed by atoms with Gasteiger partial charge in [0.15, 0.2) is 0 Å². The van der Waals surface area contributed by atoms with Crippen LogP contribution in [0.4, 0.5) is 0 Å². The summed E-state index contributed by atoms with van der Waals surface area (Å²) in [7, 11) is -0.771. The minimum atomic E-state index is -2.23. The van der Waals surface area contributed by atoms with Crippen LogP contribution in [0.25, 0.3) is 0 Å². The summed E-state index contributed by atoms with van der Waals surface area (Å²) < 4.78 is 19.2. The van der Waals surface area contributed by atoms with E-state index in [1.165, 1.54) is 13.2 Å². The lowest BCUT2D eigenvalue weighted by Gasteiger charge is -2.21. The van der Waals surface area contributed by atoms with Crippen LogP contribution in [-0.2, 0) is 23.6 Å². The average molecular weight is 285 g/mol. The standard InChI is InChI=1S/C9H20NO7P/c1-3-4-8(11)9(14-7-13-2)5-16-18(12)17-15-6-10/h3-4,8-9,11-12H,5-7,10H2,1-2H3. The highest BCUT2D eigenvalue weighted by Crippen LogP contribution is 2.33. The van der Waals surface area contributed by atoms with Crippen molar-refractivity contribution in [1.29, 1.82) is 0 Å². The third-order valence-electron chi connectivity index (χ3n) is 1.70. The van der Waals surface area contributed by atoms with Crippen molar-refractivity contribution in [3.63, 3.8) is 0 Å². The van der Waals surface area contributed by atoms with Gasteiger partial charge in [0, 0.05) is 7.11 Å². The van der Waals surface area contributed by atoms with E-state index in [9.17, 15) is 10.00 Å². The number of aliphatic hydroxyl groups is 1. The van der Waals surface area contributed by atoms with Gasteiger partial charge in [-0.3, -0.25) is 0 Å². The van der Waals surface area contributed by atoms with Crippen molar-refractivity contribution in [2.75, 3.05) is 27.2 Å². The molecular weight excluding hydrogens is 265 g/mol. The molecule has 0 aromatic heterocycles. The Labute approximate surface area is 107 Å². The molecule has 3 unspecified atom stereocenters. The van der Waals surface area contributed by atoms with Crippen LogP contribution in [0.1, 0.15) is 6.92 Å². The van der Waals surface area contributed by atoms with Crippen LogP contribution in [0.3, 0.4) is 0 Å². The van der Waals surface area contributed by atoms with Gasteiger partial charge in [-0.25, -0.2) is 4.89 Å². The van der Waals surface area contributed by atoms with Crippen molar-refractivity contribution in [1.82, 2.24) is 0 Å². The zero-order valence-corrected chi connectivity index (χ0v) is 11.3. The molecule has 0 aliphatic heterocycles. The van der Waals surface area contributed by atoms with Gasteiger partial charge in [-0.1, -0.05) is 12.2 Å². The fourth-order valence-electron chi connectivity index (χ4n) is 0.956. The maximum Gasteiger partial charge on any atom is 0.360 e. The number of aliphatic hydroxyl groups excluding tert-OH is 1. The minimum absolute atomic E-state index is 0.00779. The molecule has 0 aromatic carbocycles. The first-order valence-electron chi connectivity index (χ1n) is 5.18. The third kappa shape index (κ3) is 8.87. The lowest BCUT2D eigenvalue weighted by atomic mass is 10.2. The highest BCUT2D eigenvalue weighted by molar-refractivity contribution is 7.40. The van der Waals surface area contributed by atoms with E-state index in [2.05, 4.69) is 9.56 Å². The van der Waals surface area contributed by atoms with Crippen LogP contribution in [0.2, 0.25) is 0 Å². The highest BCUT2D eigenvalue weighted by atomic mass is 31.2. The summed E-state index contributed by atoms with van der Waals surface area (Å²) in [5.41, 5.74) is 4.99. The van der Waals surface area contributed by atoms with Gasteiger partial charge in [0.1, 0.15) is 25.7 Å². The molecule has 9 heteroatoms. The molecule has 0 aromatic rings. The number of ether oxygens (including phenoxy) is 2. The second kappa shape index (κ2) is 11.9. The molecule has 0 aliphatic carbocycles. The third-order valence-corrected chi connectivity index (χ3v) is 2.31. The van der Waals surface area contributed by atoms with Crippen molar-refractivity contribution in [2.24, 2.45) is 5.73 Å². The van der Waals surface area contributed by atoms with Crippen molar-refractivity contribution in [3.05, 3.63) is 12.2 Å². The summed E-state index contributed by atoms with van der Waals surface area (Å²) in [5.74, 6) is 0. The summed E-state index contributed by atoms with van der Waals surface area (Å²) >= 11 is 0.